The molecule has 2 aromatic rings. The van der Waals surface area contributed by atoms with E-state index in [4.69, 9.17) is 0 Å². The van der Waals surface area contributed by atoms with Gasteiger partial charge in [0.15, 0.2) is 5.78 Å². The number of benzene rings is 1. The topological polar surface area (TPSA) is 17.1 Å². The molecule has 1 aromatic carbocycles. The Morgan fingerprint density at radius 1 is 1.19 bits per heavy atom. The summed E-state index contributed by atoms with van der Waals surface area (Å²) < 4.78 is 0. The number of carbonyl (C=O) groups excluding carboxylic acids is 1. The van der Waals surface area contributed by atoms with Crippen LogP contribution in [-0.2, 0) is 0 Å². The number of hydrogen-bond acceptors (Lipinski definition) is 2. The second kappa shape index (κ2) is 4.62. The van der Waals surface area contributed by atoms with Crippen molar-refractivity contribution in [2.75, 3.05) is 0 Å². The zero-order chi connectivity index (χ0) is 11.5. The highest BCUT2D eigenvalue weighted by molar-refractivity contribution is 7.10. The molecule has 1 aromatic heterocycles. The van der Waals surface area contributed by atoms with E-state index in [1.807, 2.05) is 55.6 Å². The second-order valence-electron chi connectivity index (χ2n) is 3.89. The van der Waals surface area contributed by atoms with Gasteiger partial charge in [0, 0.05) is 16.4 Å². The van der Waals surface area contributed by atoms with Crippen molar-refractivity contribution < 1.29 is 4.79 Å². The molecule has 0 aliphatic heterocycles. The molecule has 0 aliphatic carbocycles. The Labute approximate surface area is 99.8 Å². The molecule has 1 nitrogen and oxygen atoms in total. The van der Waals surface area contributed by atoms with E-state index in [0.29, 0.717) is 0 Å². The van der Waals surface area contributed by atoms with E-state index in [2.05, 4.69) is 0 Å². The molecule has 1 unspecified atom stereocenters. The summed E-state index contributed by atoms with van der Waals surface area (Å²) in [6.45, 7) is 3.96. The zero-order valence-electron chi connectivity index (χ0n) is 9.44. The number of thiophene rings is 1. The molecule has 0 saturated carbocycles. The lowest BCUT2D eigenvalue weighted by Crippen LogP contribution is -2.09. The van der Waals surface area contributed by atoms with E-state index in [0.717, 1.165) is 16.0 Å². The lowest BCUT2D eigenvalue weighted by Gasteiger charge is -2.10. The molecule has 0 bridgehead atoms. The van der Waals surface area contributed by atoms with Gasteiger partial charge in [-0.3, -0.25) is 4.79 Å². The fourth-order valence-electron chi connectivity index (χ4n) is 1.77. The lowest BCUT2D eigenvalue weighted by molar-refractivity contribution is 0.0966. The predicted octanol–water partition coefficient (Wildman–Crippen LogP) is 4.04. The van der Waals surface area contributed by atoms with Gasteiger partial charge in [0.05, 0.1) is 0 Å². The molecular weight excluding hydrogens is 216 g/mol. The molecule has 0 radical (unpaired) electrons. The molecule has 0 amide bonds. The summed E-state index contributed by atoms with van der Waals surface area (Å²) >= 11 is 1.62. The fourth-order valence-corrected chi connectivity index (χ4v) is 2.47. The van der Waals surface area contributed by atoms with Gasteiger partial charge in [-0.05, 0) is 23.9 Å². The highest BCUT2D eigenvalue weighted by atomic mass is 32.1. The molecule has 1 heterocycles. The lowest BCUT2D eigenvalue weighted by atomic mass is 9.93. The highest BCUT2D eigenvalue weighted by Crippen LogP contribution is 2.24. The first-order valence-corrected chi connectivity index (χ1v) is 6.21. The molecule has 16 heavy (non-hydrogen) atoms. The monoisotopic (exact) mass is 230 g/mol. The van der Waals surface area contributed by atoms with Gasteiger partial charge in [-0.15, -0.1) is 11.3 Å². The molecule has 2 rings (SSSR count). The summed E-state index contributed by atoms with van der Waals surface area (Å²) in [6, 6.07) is 11.8. The zero-order valence-corrected chi connectivity index (χ0v) is 10.3. The van der Waals surface area contributed by atoms with Gasteiger partial charge in [-0.25, -0.2) is 0 Å². The summed E-state index contributed by atoms with van der Waals surface area (Å²) in [7, 11) is 0. The number of carbonyl (C=O) groups is 1. The standard InChI is InChI=1S/C14H14OS/c1-10(12-6-4-3-5-7-12)14(15)13-8-9-16-11(13)2/h3-10H,1-2H3. The third-order valence-electron chi connectivity index (χ3n) is 2.82. The Hall–Kier alpha value is -1.41. The van der Waals surface area contributed by atoms with Gasteiger partial charge in [0.1, 0.15) is 0 Å². The summed E-state index contributed by atoms with van der Waals surface area (Å²) in [6.07, 6.45) is 0. The van der Waals surface area contributed by atoms with Crippen molar-refractivity contribution in [1.82, 2.24) is 0 Å². The van der Waals surface area contributed by atoms with Crippen molar-refractivity contribution in [2.24, 2.45) is 0 Å². The third-order valence-corrected chi connectivity index (χ3v) is 3.66. The number of aryl methyl sites for hydroxylation is 1. The third kappa shape index (κ3) is 2.07. The van der Waals surface area contributed by atoms with Crippen LogP contribution in [0, 0.1) is 6.92 Å². The van der Waals surface area contributed by atoms with Crippen LogP contribution in [0.15, 0.2) is 41.8 Å². The maximum absolute atomic E-state index is 12.2. The minimum absolute atomic E-state index is 0.0606. The second-order valence-corrected chi connectivity index (χ2v) is 5.01. The molecule has 0 aliphatic rings. The van der Waals surface area contributed by atoms with E-state index in [1.165, 1.54) is 0 Å². The van der Waals surface area contributed by atoms with E-state index < -0.39 is 0 Å². The Morgan fingerprint density at radius 2 is 1.88 bits per heavy atom. The van der Waals surface area contributed by atoms with Crippen LogP contribution in [0.25, 0.3) is 0 Å². The fraction of sp³-hybridized carbons (Fsp3) is 0.214. The number of Topliss-reactive ketones (excluding diaryl/α,β-unsaturated/α-hetero) is 1. The molecule has 0 N–H and O–H groups in total. The van der Waals surface area contributed by atoms with Crippen LogP contribution in [0.1, 0.15) is 33.6 Å². The number of ketones is 1. The van der Waals surface area contributed by atoms with Crippen LogP contribution in [0.2, 0.25) is 0 Å². The molecule has 1 atom stereocenters. The number of rotatable bonds is 3. The first-order valence-electron chi connectivity index (χ1n) is 5.33. The first-order chi connectivity index (χ1) is 7.70. The molecule has 0 saturated heterocycles. The van der Waals surface area contributed by atoms with E-state index >= 15 is 0 Å². The normalized spacial score (nSPS) is 12.4. The predicted molar refractivity (Wildman–Crippen MR) is 68.2 cm³/mol. The van der Waals surface area contributed by atoms with Gasteiger partial charge in [0.2, 0.25) is 0 Å². The van der Waals surface area contributed by atoms with Gasteiger partial charge in [-0.1, -0.05) is 37.3 Å². The Kier molecular flexibility index (Phi) is 3.20. The van der Waals surface area contributed by atoms with Crippen LogP contribution in [0.3, 0.4) is 0 Å². The minimum Gasteiger partial charge on any atom is -0.293 e. The van der Waals surface area contributed by atoms with Gasteiger partial charge >= 0.3 is 0 Å². The van der Waals surface area contributed by atoms with Crippen LogP contribution >= 0.6 is 11.3 Å². The average Bonchev–Trinajstić information content (AvgIpc) is 2.75. The van der Waals surface area contributed by atoms with Gasteiger partial charge in [-0.2, -0.15) is 0 Å². The van der Waals surface area contributed by atoms with E-state index in [1.54, 1.807) is 11.3 Å². The maximum Gasteiger partial charge on any atom is 0.171 e. The average molecular weight is 230 g/mol. The Morgan fingerprint density at radius 3 is 2.44 bits per heavy atom. The molecular formula is C14H14OS. The maximum atomic E-state index is 12.2. The smallest absolute Gasteiger partial charge is 0.171 e. The first kappa shape index (κ1) is 11.1. The van der Waals surface area contributed by atoms with Crippen LogP contribution in [0.4, 0.5) is 0 Å². The summed E-state index contributed by atoms with van der Waals surface area (Å²) in [5.41, 5.74) is 1.94. The quantitative estimate of drug-likeness (QED) is 0.727. The Balaban J connectivity index is 2.27. The highest BCUT2D eigenvalue weighted by Gasteiger charge is 2.18. The van der Waals surface area contributed by atoms with Crippen molar-refractivity contribution >= 4 is 17.1 Å². The van der Waals surface area contributed by atoms with Crippen molar-refractivity contribution in [3.8, 4) is 0 Å². The minimum atomic E-state index is -0.0606. The van der Waals surface area contributed by atoms with Gasteiger partial charge in [0.25, 0.3) is 0 Å². The van der Waals surface area contributed by atoms with Crippen molar-refractivity contribution in [3.63, 3.8) is 0 Å². The summed E-state index contributed by atoms with van der Waals surface area (Å²) in [5.74, 6) is 0.152. The molecule has 82 valence electrons. The van der Waals surface area contributed by atoms with Crippen LogP contribution < -0.4 is 0 Å². The van der Waals surface area contributed by atoms with Crippen LogP contribution in [0.5, 0.6) is 0 Å². The largest absolute Gasteiger partial charge is 0.293 e. The van der Waals surface area contributed by atoms with E-state index in [9.17, 15) is 4.79 Å². The van der Waals surface area contributed by atoms with Crippen molar-refractivity contribution in [2.45, 2.75) is 19.8 Å². The van der Waals surface area contributed by atoms with Gasteiger partial charge < -0.3 is 0 Å². The van der Waals surface area contributed by atoms with Crippen molar-refractivity contribution in [1.29, 1.82) is 0 Å². The molecule has 2 heteroatoms. The van der Waals surface area contributed by atoms with Crippen molar-refractivity contribution in [3.05, 3.63) is 57.8 Å². The van der Waals surface area contributed by atoms with E-state index in [-0.39, 0.29) is 11.7 Å². The molecule has 0 fully saturated rings. The number of hydrogen-bond donors (Lipinski definition) is 0. The molecule has 0 spiro atoms. The SMILES string of the molecule is Cc1sccc1C(=O)C(C)c1ccccc1. The van der Waals surface area contributed by atoms with Crippen LogP contribution in [-0.4, -0.2) is 5.78 Å². The summed E-state index contributed by atoms with van der Waals surface area (Å²) in [5, 5.41) is 1.97. The summed E-state index contributed by atoms with van der Waals surface area (Å²) in [4.78, 5) is 13.3. The Bertz CT molecular complexity index is 484.